The monoisotopic (exact) mass is 503 g/mol. The van der Waals surface area contributed by atoms with Crippen molar-refractivity contribution in [2.24, 2.45) is 4.99 Å². The highest BCUT2D eigenvalue weighted by Crippen LogP contribution is 2.31. The molecule has 3 aliphatic rings. The van der Waals surface area contributed by atoms with Crippen molar-refractivity contribution >= 4 is 29.4 Å². The van der Waals surface area contributed by atoms with Crippen LogP contribution in [0.4, 0.5) is 4.39 Å². The van der Waals surface area contributed by atoms with E-state index in [0.29, 0.717) is 29.4 Å². The Balaban J connectivity index is 1.52. The topological polar surface area (TPSA) is 101 Å². The lowest BCUT2D eigenvalue weighted by Crippen LogP contribution is -2.51. The van der Waals surface area contributed by atoms with E-state index < -0.39 is 5.82 Å². The average Bonchev–Trinajstić information content (AvgIpc) is 3.22. The maximum absolute atomic E-state index is 14.2. The molecule has 188 valence electrons. The first-order chi connectivity index (χ1) is 16.8. The molecule has 1 aromatic carbocycles. The molecule has 8 nitrogen and oxygen atoms in total. The summed E-state index contributed by atoms with van der Waals surface area (Å²) in [6.07, 6.45) is 5.24. The molecule has 0 spiro atoms. The highest BCUT2D eigenvalue weighted by molar-refractivity contribution is 6.39. The predicted octanol–water partition coefficient (Wildman–Crippen LogP) is 3.27. The number of amides is 1. The van der Waals surface area contributed by atoms with Gasteiger partial charge in [0.1, 0.15) is 23.5 Å². The molecule has 2 saturated heterocycles. The van der Waals surface area contributed by atoms with Crippen LogP contribution in [0.15, 0.2) is 45.8 Å². The normalized spacial score (nSPS) is 27.1. The maximum Gasteiger partial charge on any atom is 0.258 e. The van der Waals surface area contributed by atoms with Gasteiger partial charge in [0.2, 0.25) is 0 Å². The Kier molecular flexibility index (Phi) is 7.88. The number of nitrogens with zero attached hydrogens (tertiary/aromatic N) is 3. The third kappa shape index (κ3) is 5.58. The van der Waals surface area contributed by atoms with Crippen LogP contribution >= 0.6 is 11.6 Å². The van der Waals surface area contributed by atoms with Gasteiger partial charge in [-0.2, -0.15) is 0 Å². The first-order valence-corrected chi connectivity index (χ1v) is 12.3. The van der Waals surface area contributed by atoms with Crippen LogP contribution in [0.2, 0.25) is 0 Å². The van der Waals surface area contributed by atoms with Crippen LogP contribution in [0.25, 0.3) is 0 Å². The lowest BCUT2D eigenvalue weighted by molar-refractivity contribution is 0.00764. The van der Waals surface area contributed by atoms with Crippen LogP contribution in [-0.2, 0) is 0 Å². The summed E-state index contributed by atoms with van der Waals surface area (Å²) in [6.45, 7) is 5.23. The third-order valence-corrected chi connectivity index (χ3v) is 6.98. The van der Waals surface area contributed by atoms with Gasteiger partial charge in [-0.3, -0.25) is 9.69 Å². The van der Waals surface area contributed by atoms with E-state index in [1.165, 1.54) is 29.3 Å². The largest absolute Gasteiger partial charge is 0.489 e. The summed E-state index contributed by atoms with van der Waals surface area (Å²) >= 11 is 5.90. The number of carbonyl (C=O) groups excluding carboxylic acids is 1. The van der Waals surface area contributed by atoms with Crippen LogP contribution in [0.5, 0.6) is 5.75 Å². The van der Waals surface area contributed by atoms with Gasteiger partial charge < -0.3 is 25.5 Å². The first kappa shape index (κ1) is 25.3. The minimum absolute atomic E-state index is 0.0993. The summed E-state index contributed by atoms with van der Waals surface area (Å²) < 4.78 is 20.5. The lowest BCUT2D eigenvalue weighted by atomic mass is 9.92. The van der Waals surface area contributed by atoms with Crippen molar-refractivity contribution in [1.82, 2.24) is 15.1 Å². The number of allylic oxidation sites excluding steroid dienone is 1. The number of benzene rings is 1. The van der Waals surface area contributed by atoms with E-state index in [9.17, 15) is 14.3 Å². The van der Waals surface area contributed by atoms with Gasteiger partial charge in [-0.15, -0.1) is 0 Å². The van der Waals surface area contributed by atoms with Crippen LogP contribution in [0, 0.1) is 11.2 Å². The number of likely N-dealkylation sites (tertiary alicyclic amines) is 2. The molecule has 3 atom stereocenters. The molecule has 0 saturated carbocycles. The van der Waals surface area contributed by atoms with Gasteiger partial charge in [0.25, 0.3) is 5.91 Å². The first-order valence-electron chi connectivity index (χ1n) is 11.9. The third-order valence-electron chi connectivity index (χ3n) is 6.77. The van der Waals surface area contributed by atoms with E-state index in [0.717, 1.165) is 12.8 Å². The van der Waals surface area contributed by atoms with E-state index in [1.54, 1.807) is 6.20 Å². The van der Waals surface area contributed by atoms with Crippen LogP contribution < -0.4 is 10.1 Å². The fourth-order valence-electron chi connectivity index (χ4n) is 5.04. The molecule has 0 aromatic heterocycles. The summed E-state index contributed by atoms with van der Waals surface area (Å²) in [7, 11) is 0. The van der Waals surface area contributed by atoms with Gasteiger partial charge in [0.05, 0.1) is 36.0 Å². The number of rotatable bonds is 6. The quantitative estimate of drug-likeness (QED) is 0.553. The van der Waals surface area contributed by atoms with E-state index in [2.05, 4.69) is 29.1 Å². The zero-order valence-electron chi connectivity index (χ0n) is 19.9. The smallest absolute Gasteiger partial charge is 0.258 e. The van der Waals surface area contributed by atoms with Gasteiger partial charge in [-0.1, -0.05) is 18.5 Å². The lowest BCUT2D eigenvalue weighted by Gasteiger charge is -2.43. The SMILES string of the molecule is CCC1CC(Oc2cc(F)ccc2C(=O)N2CC(=N)/C(=C3/N=CC(Cl)=CN3)C2)CC(C)N1CCO. The summed E-state index contributed by atoms with van der Waals surface area (Å²) in [5.41, 5.74) is 1.16. The van der Waals surface area contributed by atoms with Crippen LogP contribution in [0.3, 0.4) is 0 Å². The molecule has 0 aliphatic carbocycles. The van der Waals surface area contributed by atoms with Crippen LogP contribution in [-0.4, -0.2) is 77.2 Å². The number of carbonyl (C=O) groups is 1. The fourth-order valence-corrected chi connectivity index (χ4v) is 5.14. The standard InChI is InChI=1S/C25H31ClFN5O3/c1-3-18-10-19(8-15(2)32(18)6-7-33)35-23-9-17(27)4-5-20(23)25(34)31-13-21(22(28)14-31)24-29-11-16(26)12-30-24/h4-5,9,11-12,15,18-19,28-29,33H,3,6-8,10,13-14H2,1-2H3/b24-21+,28-22?. The predicted molar refractivity (Wildman–Crippen MR) is 134 cm³/mol. The molecule has 35 heavy (non-hydrogen) atoms. The molecule has 0 radical (unpaired) electrons. The maximum atomic E-state index is 14.2. The van der Waals surface area contributed by atoms with Crippen molar-refractivity contribution in [3.63, 3.8) is 0 Å². The Hall–Kier alpha value is -2.75. The summed E-state index contributed by atoms with van der Waals surface area (Å²) in [6, 6.07) is 4.39. The van der Waals surface area contributed by atoms with Crippen molar-refractivity contribution in [3.05, 3.63) is 52.2 Å². The Labute approximate surface area is 209 Å². The summed E-state index contributed by atoms with van der Waals surface area (Å²) in [5, 5.41) is 21.2. The number of ether oxygens (including phenoxy) is 1. The number of aliphatic hydroxyl groups is 1. The highest BCUT2D eigenvalue weighted by atomic mass is 35.5. The summed E-state index contributed by atoms with van der Waals surface area (Å²) in [4.78, 5) is 21.5. The van der Waals surface area contributed by atoms with E-state index >= 15 is 0 Å². The van der Waals surface area contributed by atoms with Crippen molar-refractivity contribution < 1.29 is 19.0 Å². The Morgan fingerprint density at radius 3 is 2.86 bits per heavy atom. The number of aliphatic imine (C=N–C) groups is 1. The summed E-state index contributed by atoms with van der Waals surface area (Å²) in [5.74, 6) is -0.101. The molecule has 3 unspecified atom stereocenters. The van der Waals surface area contributed by atoms with E-state index in [4.69, 9.17) is 21.7 Å². The Morgan fingerprint density at radius 2 is 2.17 bits per heavy atom. The Bertz CT molecular complexity index is 1090. The molecule has 1 aromatic rings. The van der Waals surface area contributed by atoms with Gasteiger partial charge in [-0.25, -0.2) is 9.38 Å². The number of halogens is 2. The molecule has 4 rings (SSSR count). The number of nitrogens with one attached hydrogen (secondary N) is 2. The highest BCUT2D eigenvalue weighted by Gasteiger charge is 2.35. The number of piperidine rings is 1. The average molecular weight is 504 g/mol. The number of β-amino-alcohol motifs (C(OH)–C–C–N with tert-alkyl or cyclic N) is 1. The van der Waals surface area contributed by atoms with Crippen LogP contribution in [0.1, 0.15) is 43.5 Å². The van der Waals surface area contributed by atoms with Gasteiger partial charge in [0, 0.05) is 42.7 Å². The molecular weight excluding hydrogens is 473 g/mol. The Morgan fingerprint density at radius 1 is 1.37 bits per heavy atom. The van der Waals surface area contributed by atoms with Gasteiger partial charge >= 0.3 is 0 Å². The molecule has 3 N–H and O–H groups in total. The molecular formula is C25H31ClFN5O3. The number of hydrogen-bond acceptors (Lipinski definition) is 7. The van der Waals surface area contributed by atoms with Gasteiger partial charge in [-0.05, 0) is 38.3 Å². The second-order valence-corrected chi connectivity index (χ2v) is 9.56. The zero-order chi connectivity index (χ0) is 25.1. The molecule has 1 amide bonds. The number of aliphatic hydroxyl groups excluding tert-OH is 1. The second-order valence-electron chi connectivity index (χ2n) is 9.12. The molecule has 3 heterocycles. The number of hydrogen-bond donors (Lipinski definition) is 3. The van der Waals surface area contributed by atoms with Gasteiger partial charge in [0.15, 0.2) is 0 Å². The van der Waals surface area contributed by atoms with Crippen molar-refractivity contribution in [2.45, 2.75) is 51.3 Å². The molecule has 0 bridgehead atoms. The molecule has 2 fully saturated rings. The minimum Gasteiger partial charge on any atom is -0.489 e. The van der Waals surface area contributed by atoms with E-state index in [1.807, 2.05) is 0 Å². The fraction of sp³-hybridized carbons (Fsp3) is 0.480. The van der Waals surface area contributed by atoms with Crippen molar-refractivity contribution in [3.8, 4) is 5.75 Å². The van der Waals surface area contributed by atoms with E-state index in [-0.39, 0.29) is 60.8 Å². The minimum atomic E-state index is -0.476. The zero-order valence-corrected chi connectivity index (χ0v) is 20.7. The van der Waals surface area contributed by atoms with Crippen molar-refractivity contribution in [2.75, 3.05) is 26.2 Å². The van der Waals surface area contributed by atoms with Crippen molar-refractivity contribution in [1.29, 1.82) is 5.41 Å². The molecule has 3 aliphatic heterocycles. The second kappa shape index (κ2) is 10.9. The molecule has 10 heteroatoms.